The van der Waals surface area contributed by atoms with E-state index in [9.17, 15) is 4.79 Å². The minimum absolute atomic E-state index is 0.0139. The van der Waals surface area contributed by atoms with E-state index in [1.807, 2.05) is 30.3 Å². The molecule has 0 aliphatic heterocycles. The number of rotatable bonds is 3. The second-order valence-corrected chi connectivity index (χ2v) is 4.02. The molecule has 0 aliphatic carbocycles. The first-order chi connectivity index (χ1) is 9.67. The number of esters is 1. The van der Waals surface area contributed by atoms with Gasteiger partial charge in [-0.05, 0) is 12.5 Å². The molecule has 1 aromatic carbocycles. The highest BCUT2D eigenvalue weighted by Crippen LogP contribution is 2.22. The van der Waals surface area contributed by atoms with Gasteiger partial charge in [0.25, 0.3) is 0 Å². The highest BCUT2D eigenvalue weighted by Gasteiger charge is 2.24. The fourth-order valence-electron chi connectivity index (χ4n) is 1.77. The number of carbonyl (C=O) groups is 1. The minimum atomic E-state index is -0.673. The molecule has 20 heavy (non-hydrogen) atoms. The van der Waals surface area contributed by atoms with Gasteiger partial charge in [-0.3, -0.25) is 0 Å². The molecule has 0 unspecified atom stereocenters. The predicted molar refractivity (Wildman–Crippen MR) is 68.4 cm³/mol. The molecule has 0 spiro atoms. The second-order valence-electron chi connectivity index (χ2n) is 4.02. The zero-order valence-electron chi connectivity index (χ0n) is 10.7. The van der Waals surface area contributed by atoms with E-state index in [0.717, 1.165) is 5.56 Å². The van der Waals surface area contributed by atoms with Gasteiger partial charge < -0.3 is 9.15 Å². The molecule has 98 valence electrons. The van der Waals surface area contributed by atoms with Crippen molar-refractivity contribution < 1.29 is 13.9 Å². The monoisotopic (exact) mass is 266 g/mol. The number of hydrogen-bond donors (Lipinski definition) is 0. The van der Waals surface area contributed by atoms with Crippen LogP contribution in [0.2, 0.25) is 0 Å². The first kappa shape index (κ1) is 13.4. The van der Waals surface area contributed by atoms with Crippen LogP contribution in [0.4, 0.5) is 0 Å². The lowest BCUT2D eigenvalue weighted by molar-refractivity contribution is 0.0470. The molecule has 0 atom stereocenters. The Morgan fingerprint density at radius 3 is 2.55 bits per heavy atom. The summed E-state index contributed by atoms with van der Waals surface area (Å²) in [5, 5.41) is 17.8. The molecule has 0 aliphatic rings. The molecular formula is C15H10N2O3. The molecule has 0 fully saturated rings. The molecule has 1 heterocycles. The summed E-state index contributed by atoms with van der Waals surface area (Å²) < 4.78 is 10.2. The molecule has 5 heteroatoms. The lowest BCUT2D eigenvalue weighted by atomic mass is 10.1. The maximum absolute atomic E-state index is 12.0. The number of aryl methyl sites for hydroxylation is 1. The lowest BCUT2D eigenvalue weighted by Crippen LogP contribution is -2.07. The van der Waals surface area contributed by atoms with Crippen LogP contribution in [0.1, 0.15) is 33.0 Å². The van der Waals surface area contributed by atoms with Crippen LogP contribution >= 0.6 is 0 Å². The molecule has 0 N–H and O–H groups in total. The Morgan fingerprint density at radius 2 is 1.95 bits per heavy atom. The molecule has 2 aromatic rings. The molecule has 0 radical (unpaired) electrons. The normalized spacial score (nSPS) is 9.55. The van der Waals surface area contributed by atoms with Gasteiger partial charge in [0, 0.05) is 0 Å². The number of nitriles is 2. The summed E-state index contributed by atoms with van der Waals surface area (Å²) in [4.78, 5) is 12.0. The summed E-state index contributed by atoms with van der Waals surface area (Å²) >= 11 is 0. The smallest absolute Gasteiger partial charge is 0.343 e. The SMILES string of the molecule is Cc1oc(C#N)c(C#N)c1C(=O)OCc1ccccc1. The van der Waals surface area contributed by atoms with Gasteiger partial charge in [0.1, 0.15) is 35.6 Å². The quantitative estimate of drug-likeness (QED) is 0.797. The first-order valence-corrected chi connectivity index (χ1v) is 5.82. The number of furan rings is 1. The zero-order chi connectivity index (χ0) is 14.5. The van der Waals surface area contributed by atoms with Crippen molar-refractivity contribution in [2.24, 2.45) is 0 Å². The maximum atomic E-state index is 12.0. The van der Waals surface area contributed by atoms with E-state index in [4.69, 9.17) is 19.7 Å². The fourth-order valence-corrected chi connectivity index (χ4v) is 1.77. The fraction of sp³-hybridized carbons (Fsp3) is 0.133. The van der Waals surface area contributed by atoms with Crippen molar-refractivity contribution in [2.75, 3.05) is 0 Å². The molecule has 2 rings (SSSR count). The van der Waals surface area contributed by atoms with E-state index < -0.39 is 5.97 Å². The van der Waals surface area contributed by atoms with Crippen molar-refractivity contribution in [1.29, 1.82) is 10.5 Å². The van der Waals surface area contributed by atoms with E-state index in [1.54, 1.807) is 12.1 Å². The van der Waals surface area contributed by atoms with Crippen LogP contribution in [0.3, 0.4) is 0 Å². The van der Waals surface area contributed by atoms with Gasteiger partial charge in [-0.15, -0.1) is 0 Å². The van der Waals surface area contributed by atoms with Crippen molar-refractivity contribution in [2.45, 2.75) is 13.5 Å². The van der Waals surface area contributed by atoms with Gasteiger partial charge >= 0.3 is 5.97 Å². The Hall–Kier alpha value is -3.05. The van der Waals surface area contributed by atoms with Crippen LogP contribution in [-0.4, -0.2) is 5.97 Å². The largest absolute Gasteiger partial charge is 0.457 e. The molecule has 0 saturated heterocycles. The summed E-state index contributed by atoms with van der Waals surface area (Å²) in [6, 6.07) is 12.7. The van der Waals surface area contributed by atoms with Crippen molar-refractivity contribution in [1.82, 2.24) is 0 Å². The van der Waals surface area contributed by atoms with Crippen molar-refractivity contribution >= 4 is 5.97 Å². The first-order valence-electron chi connectivity index (χ1n) is 5.82. The van der Waals surface area contributed by atoms with E-state index in [0.29, 0.717) is 0 Å². The predicted octanol–water partition coefficient (Wildman–Crippen LogP) is 2.69. The molecule has 1 aromatic heterocycles. The molecule has 5 nitrogen and oxygen atoms in total. The van der Waals surface area contributed by atoms with Crippen molar-refractivity contribution in [3.05, 3.63) is 58.5 Å². The highest BCUT2D eigenvalue weighted by molar-refractivity contribution is 5.94. The molecular weight excluding hydrogens is 256 g/mol. The van der Waals surface area contributed by atoms with Gasteiger partial charge in [-0.25, -0.2) is 4.79 Å². The summed E-state index contributed by atoms with van der Waals surface area (Å²) in [6.07, 6.45) is 0. The minimum Gasteiger partial charge on any atom is -0.457 e. The standard InChI is InChI=1S/C15H10N2O3/c1-10-14(12(7-16)13(8-17)20-10)15(18)19-9-11-5-3-2-4-6-11/h2-6H,9H2,1H3. The van der Waals surface area contributed by atoms with Crippen LogP contribution < -0.4 is 0 Å². The molecule has 0 bridgehead atoms. The van der Waals surface area contributed by atoms with Gasteiger partial charge in [-0.1, -0.05) is 30.3 Å². The van der Waals surface area contributed by atoms with Crippen molar-refractivity contribution in [3.63, 3.8) is 0 Å². The Labute approximate surface area is 115 Å². The summed E-state index contributed by atoms with van der Waals surface area (Å²) in [5.74, 6) is -0.638. The average molecular weight is 266 g/mol. The highest BCUT2D eigenvalue weighted by atomic mass is 16.5. The van der Waals surface area contributed by atoms with E-state index >= 15 is 0 Å². The maximum Gasteiger partial charge on any atom is 0.343 e. The topological polar surface area (TPSA) is 87.0 Å². The van der Waals surface area contributed by atoms with Crippen LogP contribution in [0.25, 0.3) is 0 Å². The van der Waals surface area contributed by atoms with Crippen LogP contribution in [-0.2, 0) is 11.3 Å². The van der Waals surface area contributed by atoms with Crippen LogP contribution in [0.15, 0.2) is 34.7 Å². The van der Waals surface area contributed by atoms with E-state index in [2.05, 4.69) is 0 Å². The summed E-state index contributed by atoms with van der Waals surface area (Å²) in [6.45, 7) is 1.61. The van der Waals surface area contributed by atoms with Crippen LogP contribution in [0, 0.1) is 29.6 Å². The van der Waals surface area contributed by atoms with Gasteiger partial charge in [0.05, 0.1) is 0 Å². The Kier molecular flexibility index (Phi) is 3.83. The molecule has 0 saturated carbocycles. The number of benzene rings is 1. The molecule has 0 amide bonds. The zero-order valence-corrected chi connectivity index (χ0v) is 10.7. The average Bonchev–Trinajstić information content (AvgIpc) is 2.81. The van der Waals surface area contributed by atoms with Crippen LogP contribution in [0.5, 0.6) is 0 Å². The Morgan fingerprint density at radius 1 is 1.25 bits per heavy atom. The van der Waals surface area contributed by atoms with Crippen molar-refractivity contribution in [3.8, 4) is 12.1 Å². The van der Waals surface area contributed by atoms with Gasteiger partial charge in [0.15, 0.2) is 0 Å². The van der Waals surface area contributed by atoms with Gasteiger partial charge in [-0.2, -0.15) is 10.5 Å². The number of hydrogen-bond acceptors (Lipinski definition) is 5. The number of carbonyl (C=O) groups excluding carboxylic acids is 1. The van der Waals surface area contributed by atoms with Gasteiger partial charge in [0.2, 0.25) is 5.76 Å². The van der Waals surface area contributed by atoms with E-state index in [1.165, 1.54) is 6.92 Å². The third-order valence-corrected chi connectivity index (χ3v) is 2.71. The third kappa shape index (κ3) is 2.52. The number of ether oxygens (including phenoxy) is 1. The third-order valence-electron chi connectivity index (χ3n) is 2.71. The Bertz CT molecular complexity index is 718. The number of nitrogens with zero attached hydrogens (tertiary/aromatic N) is 2. The van der Waals surface area contributed by atoms with E-state index in [-0.39, 0.29) is 29.3 Å². The Balaban J connectivity index is 2.21. The lowest BCUT2D eigenvalue weighted by Gasteiger charge is -2.04. The summed E-state index contributed by atoms with van der Waals surface area (Å²) in [5.41, 5.74) is 0.768. The summed E-state index contributed by atoms with van der Waals surface area (Å²) in [7, 11) is 0. The second kappa shape index (κ2) is 5.73.